The summed E-state index contributed by atoms with van der Waals surface area (Å²) in [5.74, 6) is 1.88. The Kier molecular flexibility index (Phi) is 7.08. The van der Waals surface area contributed by atoms with Gasteiger partial charge >= 0.3 is 0 Å². The minimum Gasteiger partial charge on any atom is -0.328 e. The summed E-state index contributed by atoms with van der Waals surface area (Å²) in [5.41, 5.74) is 5.95. The fourth-order valence-electron chi connectivity index (χ4n) is 2.30. The van der Waals surface area contributed by atoms with E-state index in [2.05, 4.69) is 42.2 Å². The maximum Gasteiger partial charge on any atom is 0.0108 e. The van der Waals surface area contributed by atoms with E-state index in [0.717, 1.165) is 0 Å². The molecule has 1 aromatic rings. The molecule has 1 aliphatic rings. The van der Waals surface area contributed by atoms with Crippen molar-refractivity contribution < 1.29 is 0 Å². The van der Waals surface area contributed by atoms with E-state index in [1.54, 1.807) is 0 Å². The van der Waals surface area contributed by atoms with Crippen LogP contribution in [0.2, 0.25) is 0 Å². The van der Waals surface area contributed by atoms with Gasteiger partial charge in [0.25, 0.3) is 0 Å². The zero-order valence-electron chi connectivity index (χ0n) is 10.9. The third-order valence-corrected chi connectivity index (χ3v) is 4.46. The summed E-state index contributed by atoms with van der Waals surface area (Å²) in [6.07, 6.45) is 1.27. The van der Waals surface area contributed by atoms with Gasteiger partial charge in [-0.1, -0.05) is 18.2 Å². The van der Waals surface area contributed by atoms with Gasteiger partial charge in [0.05, 0.1) is 0 Å². The monoisotopic (exact) mass is 286 g/mol. The molecule has 1 heterocycles. The van der Waals surface area contributed by atoms with Gasteiger partial charge in [-0.2, -0.15) is 0 Å². The predicted octanol–water partition coefficient (Wildman–Crippen LogP) is 2.87. The summed E-state index contributed by atoms with van der Waals surface area (Å²) in [4.78, 5) is 3.92. The molecule has 0 spiro atoms. The molecule has 1 aromatic carbocycles. The number of hydrogen-bond acceptors (Lipinski definition) is 3. The molecular formula is C14H23ClN2S. The van der Waals surface area contributed by atoms with Crippen LogP contribution in [0.1, 0.15) is 13.3 Å². The quantitative estimate of drug-likeness (QED) is 0.844. The zero-order chi connectivity index (χ0) is 12.1. The van der Waals surface area contributed by atoms with Crippen molar-refractivity contribution in [3.8, 4) is 0 Å². The maximum absolute atomic E-state index is 5.95. The van der Waals surface area contributed by atoms with Crippen LogP contribution in [0.25, 0.3) is 0 Å². The SMILES string of the molecule is CC(N)C1CCN(CCSc2ccccc2)C1.Cl. The van der Waals surface area contributed by atoms with E-state index >= 15 is 0 Å². The summed E-state index contributed by atoms with van der Waals surface area (Å²) in [7, 11) is 0. The Hall–Kier alpha value is -0.220. The fourth-order valence-corrected chi connectivity index (χ4v) is 3.24. The van der Waals surface area contributed by atoms with E-state index in [0.29, 0.717) is 12.0 Å². The van der Waals surface area contributed by atoms with Crippen molar-refractivity contribution in [1.82, 2.24) is 4.90 Å². The highest BCUT2D eigenvalue weighted by Crippen LogP contribution is 2.21. The summed E-state index contributed by atoms with van der Waals surface area (Å²) < 4.78 is 0. The van der Waals surface area contributed by atoms with Crippen LogP contribution >= 0.6 is 24.2 Å². The van der Waals surface area contributed by atoms with Gasteiger partial charge in [0, 0.05) is 29.8 Å². The van der Waals surface area contributed by atoms with E-state index in [4.69, 9.17) is 5.73 Å². The molecule has 0 aliphatic carbocycles. The maximum atomic E-state index is 5.95. The minimum atomic E-state index is 0. The van der Waals surface area contributed by atoms with Gasteiger partial charge in [0.1, 0.15) is 0 Å². The van der Waals surface area contributed by atoms with Crippen LogP contribution in [0, 0.1) is 5.92 Å². The second-order valence-corrected chi connectivity index (χ2v) is 6.04. The molecule has 0 saturated carbocycles. The fraction of sp³-hybridized carbons (Fsp3) is 0.571. The first-order valence-electron chi connectivity index (χ1n) is 6.41. The highest BCUT2D eigenvalue weighted by Gasteiger charge is 2.24. The van der Waals surface area contributed by atoms with E-state index in [1.165, 1.54) is 36.7 Å². The predicted molar refractivity (Wildman–Crippen MR) is 82.6 cm³/mol. The van der Waals surface area contributed by atoms with Gasteiger partial charge in [0.2, 0.25) is 0 Å². The lowest BCUT2D eigenvalue weighted by Gasteiger charge is -2.17. The molecule has 4 heteroatoms. The van der Waals surface area contributed by atoms with Gasteiger partial charge in [-0.25, -0.2) is 0 Å². The van der Waals surface area contributed by atoms with Crippen molar-refractivity contribution in [3.05, 3.63) is 30.3 Å². The number of halogens is 1. The molecule has 0 radical (unpaired) electrons. The average Bonchev–Trinajstić information content (AvgIpc) is 2.79. The van der Waals surface area contributed by atoms with Gasteiger partial charge < -0.3 is 10.6 Å². The summed E-state index contributed by atoms with van der Waals surface area (Å²) in [6.45, 7) is 5.73. The molecule has 2 unspecified atom stereocenters. The van der Waals surface area contributed by atoms with E-state index in [-0.39, 0.29) is 12.4 Å². The molecule has 0 amide bonds. The summed E-state index contributed by atoms with van der Waals surface area (Å²) >= 11 is 1.94. The average molecular weight is 287 g/mol. The molecular weight excluding hydrogens is 264 g/mol. The van der Waals surface area contributed by atoms with Crippen molar-refractivity contribution in [2.45, 2.75) is 24.3 Å². The van der Waals surface area contributed by atoms with Gasteiger partial charge in [-0.3, -0.25) is 0 Å². The Morgan fingerprint density at radius 3 is 2.72 bits per heavy atom. The Balaban J connectivity index is 0.00000162. The minimum absolute atomic E-state index is 0. The van der Waals surface area contributed by atoms with Crippen molar-refractivity contribution in [2.75, 3.05) is 25.4 Å². The molecule has 1 fully saturated rings. The molecule has 0 aromatic heterocycles. The van der Waals surface area contributed by atoms with Crippen molar-refractivity contribution in [1.29, 1.82) is 0 Å². The van der Waals surface area contributed by atoms with Crippen LogP contribution in [0.15, 0.2) is 35.2 Å². The Bertz CT molecular complexity index is 332. The number of thioether (sulfide) groups is 1. The van der Waals surface area contributed by atoms with E-state index in [1.807, 2.05) is 11.8 Å². The first kappa shape index (κ1) is 15.8. The van der Waals surface area contributed by atoms with Crippen molar-refractivity contribution >= 4 is 24.2 Å². The molecule has 2 N–H and O–H groups in total. The molecule has 1 aliphatic heterocycles. The number of benzene rings is 1. The van der Waals surface area contributed by atoms with Crippen LogP contribution in [0.3, 0.4) is 0 Å². The molecule has 2 atom stereocenters. The number of likely N-dealkylation sites (tertiary alicyclic amines) is 1. The van der Waals surface area contributed by atoms with Gasteiger partial charge in [0.15, 0.2) is 0 Å². The number of nitrogens with two attached hydrogens (primary N) is 1. The van der Waals surface area contributed by atoms with Gasteiger partial charge in [-0.15, -0.1) is 24.2 Å². The normalized spacial score (nSPS) is 21.6. The lowest BCUT2D eigenvalue weighted by Crippen LogP contribution is -2.30. The molecule has 0 bridgehead atoms. The highest BCUT2D eigenvalue weighted by molar-refractivity contribution is 7.99. The lowest BCUT2D eigenvalue weighted by molar-refractivity contribution is 0.334. The van der Waals surface area contributed by atoms with Gasteiger partial charge in [-0.05, 0) is 37.9 Å². The van der Waals surface area contributed by atoms with E-state index in [9.17, 15) is 0 Å². The van der Waals surface area contributed by atoms with Crippen LogP contribution in [0.4, 0.5) is 0 Å². The Labute approximate surface area is 121 Å². The Morgan fingerprint density at radius 1 is 1.39 bits per heavy atom. The van der Waals surface area contributed by atoms with Crippen molar-refractivity contribution in [3.63, 3.8) is 0 Å². The van der Waals surface area contributed by atoms with Crippen LogP contribution in [-0.2, 0) is 0 Å². The molecule has 1 saturated heterocycles. The lowest BCUT2D eigenvalue weighted by atomic mass is 10.0. The second kappa shape index (κ2) is 8.05. The standard InChI is InChI=1S/C14H22N2S.ClH/c1-12(15)13-7-8-16(11-13)9-10-17-14-5-3-2-4-6-14;/h2-6,12-13H,7-11,15H2,1H3;1H. The molecule has 102 valence electrons. The third kappa shape index (κ3) is 4.81. The molecule has 18 heavy (non-hydrogen) atoms. The smallest absolute Gasteiger partial charge is 0.0108 e. The number of hydrogen-bond donors (Lipinski definition) is 1. The number of rotatable bonds is 5. The van der Waals surface area contributed by atoms with Crippen molar-refractivity contribution in [2.24, 2.45) is 11.7 Å². The Morgan fingerprint density at radius 2 is 2.11 bits per heavy atom. The molecule has 2 nitrogen and oxygen atoms in total. The first-order valence-corrected chi connectivity index (χ1v) is 7.40. The zero-order valence-corrected chi connectivity index (χ0v) is 12.6. The number of nitrogens with zero attached hydrogens (tertiary/aromatic N) is 1. The second-order valence-electron chi connectivity index (χ2n) is 4.87. The van der Waals surface area contributed by atoms with Crippen LogP contribution in [0.5, 0.6) is 0 Å². The summed E-state index contributed by atoms with van der Waals surface area (Å²) in [5, 5.41) is 0. The topological polar surface area (TPSA) is 29.3 Å². The highest BCUT2D eigenvalue weighted by atomic mass is 35.5. The first-order chi connectivity index (χ1) is 8.25. The largest absolute Gasteiger partial charge is 0.328 e. The summed E-state index contributed by atoms with van der Waals surface area (Å²) in [6, 6.07) is 11.0. The van der Waals surface area contributed by atoms with E-state index < -0.39 is 0 Å². The molecule has 2 rings (SSSR count). The van der Waals surface area contributed by atoms with Crippen LogP contribution < -0.4 is 5.73 Å². The van der Waals surface area contributed by atoms with Crippen LogP contribution in [-0.4, -0.2) is 36.3 Å². The third-order valence-electron chi connectivity index (χ3n) is 3.47.